The van der Waals surface area contributed by atoms with Crippen LogP contribution in [-0.4, -0.2) is 81.7 Å². The number of morpholine rings is 1. The Hall–Kier alpha value is -0.880. The summed E-state index contributed by atoms with van der Waals surface area (Å²) in [6, 6.07) is 4.20. The predicted octanol–water partition coefficient (Wildman–Crippen LogP) is 1.92. The Morgan fingerprint density at radius 2 is 2.03 bits per heavy atom. The summed E-state index contributed by atoms with van der Waals surface area (Å²) in [7, 11) is 0. The average molecular weight is 536 g/mol. The van der Waals surface area contributed by atoms with E-state index in [2.05, 4.69) is 28.5 Å². The van der Waals surface area contributed by atoms with Crippen molar-refractivity contribution in [3.63, 3.8) is 0 Å². The number of aryl methyl sites for hydroxylation is 1. The summed E-state index contributed by atoms with van der Waals surface area (Å²) in [6.07, 6.45) is 1.66. The largest absolute Gasteiger partial charge is 0.465 e. The summed E-state index contributed by atoms with van der Waals surface area (Å²) < 4.78 is 17.1. The fraction of sp³-hybridized carbons (Fsp3) is 0.762. The first-order chi connectivity index (χ1) is 14.2. The van der Waals surface area contributed by atoms with Crippen LogP contribution in [0.4, 0.5) is 0 Å². The van der Waals surface area contributed by atoms with Gasteiger partial charge >= 0.3 is 0 Å². The second-order valence-corrected chi connectivity index (χ2v) is 7.96. The molecule has 0 spiro atoms. The third-order valence-corrected chi connectivity index (χ3v) is 5.78. The molecule has 2 fully saturated rings. The Morgan fingerprint density at radius 3 is 2.63 bits per heavy atom. The van der Waals surface area contributed by atoms with Crippen molar-refractivity contribution in [2.45, 2.75) is 32.7 Å². The quantitative estimate of drug-likeness (QED) is 0.253. The molecule has 2 atom stereocenters. The van der Waals surface area contributed by atoms with Crippen molar-refractivity contribution in [1.29, 1.82) is 0 Å². The van der Waals surface area contributed by atoms with Crippen molar-refractivity contribution in [1.82, 2.24) is 15.5 Å². The van der Waals surface area contributed by atoms with Gasteiger partial charge in [0.25, 0.3) is 0 Å². The van der Waals surface area contributed by atoms with Crippen LogP contribution in [0.1, 0.15) is 37.3 Å². The van der Waals surface area contributed by atoms with E-state index in [1.807, 2.05) is 13.0 Å². The third kappa shape index (κ3) is 7.08. The molecule has 3 N–H and O–H groups in total. The molecule has 2 aliphatic rings. The Balaban J connectivity index is 0.00000320. The number of aliphatic hydroxyl groups excluding tert-OH is 1. The number of halogens is 1. The first-order valence-electron chi connectivity index (χ1n) is 10.7. The number of nitrogens with zero attached hydrogens (tertiary/aromatic N) is 2. The molecular formula is C21H37IN4O4. The van der Waals surface area contributed by atoms with Crippen molar-refractivity contribution in [3.8, 4) is 0 Å². The SMILES string of the molecule is CCNC(=NCC1(CCO)CCOC1)NCC(c1ccc(C)o1)N1CCOCC1.I. The fourth-order valence-electron chi connectivity index (χ4n) is 4.00. The number of hydrogen-bond acceptors (Lipinski definition) is 6. The second-order valence-electron chi connectivity index (χ2n) is 7.96. The van der Waals surface area contributed by atoms with Crippen LogP contribution in [0.25, 0.3) is 0 Å². The Bertz CT molecular complexity index is 643. The van der Waals surface area contributed by atoms with Crippen molar-refractivity contribution in [2.75, 3.05) is 65.8 Å². The lowest BCUT2D eigenvalue weighted by Gasteiger charge is -2.33. The number of nitrogens with one attached hydrogen (secondary N) is 2. The Kier molecular flexibility index (Phi) is 10.9. The van der Waals surface area contributed by atoms with Crippen LogP contribution in [0.3, 0.4) is 0 Å². The summed E-state index contributed by atoms with van der Waals surface area (Å²) in [5.74, 6) is 2.68. The van der Waals surface area contributed by atoms with E-state index in [0.717, 1.165) is 69.8 Å². The van der Waals surface area contributed by atoms with E-state index in [4.69, 9.17) is 18.9 Å². The lowest BCUT2D eigenvalue weighted by molar-refractivity contribution is 0.0124. The molecule has 2 saturated heterocycles. The highest BCUT2D eigenvalue weighted by atomic mass is 127. The minimum Gasteiger partial charge on any atom is -0.465 e. The van der Waals surface area contributed by atoms with E-state index in [9.17, 15) is 5.11 Å². The van der Waals surface area contributed by atoms with E-state index >= 15 is 0 Å². The molecule has 9 heteroatoms. The van der Waals surface area contributed by atoms with Gasteiger partial charge < -0.3 is 29.6 Å². The topological polar surface area (TPSA) is 91.5 Å². The molecule has 0 aliphatic carbocycles. The Morgan fingerprint density at radius 1 is 1.23 bits per heavy atom. The normalized spacial score (nSPS) is 23.8. The number of aliphatic imine (C=N–C) groups is 1. The van der Waals surface area contributed by atoms with Crippen molar-refractivity contribution in [3.05, 3.63) is 23.7 Å². The van der Waals surface area contributed by atoms with Gasteiger partial charge in [0, 0.05) is 44.8 Å². The molecule has 0 radical (unpaired) electrons. The lowest BCUT2D eigenvalue weighted by Crippen LogP contribution is -2.46. The van der Waals surface area contributed by atoms with E-state index < -0.39 is 0 Å². The van der Waals surface area contributed by atoms with Gasteiger partial charge in [-0.25, -0.2) is 0 Å². The molecule has 8 nitrogen and oxygen atoms in total. The van der Waals surface area contributed by atoms with E-state index in [0.29, 0.717) is 19.7 Å². The molecule has 3 rings (SSSR count). The van der Waals surface area contributed by atoms with Gasteiger partial charge in [0.05, 0.1) is 32.4 Å². The third-order valence-electron chi connectivity index (χ3n) is 5.78. The van der Waals surface area contributed by atoms with E-state index in [1.54, 1.807) is 0 Å². The highest BCUT2D eigenvalue weighted by Gasteiger charge is 2.34. The number of guanidine groups is 1. The average Bonchev–Trinajstić information content (AvgIpc) is 3.37. The molecule has 0 amide bonds. The second kappa shape index (κ2) is 12.8. The van der Waals surface area contributed by atoms with Crippen LogP contribution in [0, 0.1) is 12.3 Å². The molecule has 2 aliphatic heterocycles. The van der Waals surface area contributed by atoms with Gasteiger partial charge in [-0.15, -0.1) is 24.0 Å². The van der Waals surface area contributed by atoms with Gasteiger partial charge in [0.15, 0.2) is 5.96 Å². The highest BCUT2D eigenvalue weighted by molar-refractivity contribution is 14.0. The van der Waals surface area contributed by atoms with E-state index in [1.165, 1.54) is 0 Å². The first kappa shape index (κ1) is 25.4. The van der Waals surface area contributed by atoms with Gasteiger partial charge in [-0.2, -0.15) is 0 Å². The highest BCUT2D eigenvalue weighted by Crippen LogP contribution is 2.32. The molecular weight excluding hydrogens is 499 g/mol. The van der Waals surface area contributed by atoms with Gasteiger partial charge in [-0.3, -0.25) is 9.89 Å². The van der Waals surface area contributed by atoms with Gasteiger partial charge in [0.2, 0.25) is 0 Å². The van der Waals surface area contributed by atoms with Crippen LogP contribution < -0.4 is 10.6 Å². The number of rotatable bonds is 9. The lowest BCUT2D eigenvalue weighted by atomic mass is 9.84. The number of hydrogen-bond donors (Lipinski definition) is 3. The number of aliphatic hydroxyl groups is 1. The van der Waals surface area contributed by atoms with Gasteiger partial charge in [0.1, 0.15) is 11.5 Å². The minimum atomic E-state index is -0.0567. The zero-order valence-electron chi connectivity index (χ0n) is 18.2. The number of ether oxygens (including phenoxy) is 2. The zero-order valence-corrected chi connectivity index (χ0v) is 20.5. The molecule has 2 unspecified atom stereocenters. The monoisotopic (exact) mass is 536 g/mol. The van der Waals surface area contributed by atoms with Crippen molar-refractivity contribution >= 4 is 29.9 Å². The van der Waals surface area contributed by atoms with Crippen LogP contribution in [0.15, 0.2) is 21.5 Å². The molecule has 3 heterocycles. The first-order valence-corrected chi connectivity index (χ1v) is 10.7. The van der Waals surface area contributed by atoms with Gasteiger partial charge in [-0.05, 0) is 38.8 Å². The fourth-order valence-corrected chi connectivity index (χ4v) is 4.00. The summed E-state index contributed by atoms with van der Waals surface area (Å²) in [6.45, 7) is 11.0. The molecule has 1 aromatic rings. The van der Waals surface area contributed by atoms with E-state index in [-0.39, 0.29) is 42.0 Å². The summed E-state index contributed by atoms with van der Waals surface area (Å²) in [4.78, 5) is 7.23. The van der Waals surface area contributed by atoms with Crippen molar-refractivity contribution < 1.29 is 19.0 Å². The van der Waals surface area contributed by atoms with Crippen LogP contribution in [-0.2, 0) is 9.47 Å². The van der Waals surface area contributed by atoms with Crippen LogP contribution in [0.2, 0.25) is 0 Å². The maximum absolute atomic E-state index is 9.45. The summed E-state index contributed by atoms with van der Waals surface area (Å²) in [5.41, 5.74) is -0.0567. The maximum Gasteiger partial charge on any atom is 0.191 e. The smallest absolute Gasteiger partial charge is 0.191 e. The van der Waals surface area contributed by atoms with Crippen LogP contribution in [0.5, 0.6) is 0 Å². The molecule has 0 saturated carbocycles. The molecule has 0 bridgehead atoms. The Labute approximate surface area is 196 Å². The molecule has 1 aromatic heterocycles. The molecule has 0 aromatic carbocycles. The van der Waals surface area contributed by atoms with Crippen LogP contribution >= 0.6 is 24.0 Å². The summed E-state index contributed by atoms with van der Waals surface area (Å²) >= 11 is 0. The predicted molar refractivity (Wildman–Crippen MR) is 128 cm³/mol. The van der Waals surface area contributed by atoms with Gasteiger partial charge in [-0.1, -0.05) is 0 Å². The standard InChI is InChI=1S/C21H36N4O4.HI/c1-3-22-20(24-15-21(6-10-26)7-11-28-16-21)23-14-18(19-5-4-17(2)29-19)25-8-12-27-13-9-25;/h4-5,18,26H,3,6-16H2,1-2H3,(H2,22,23,24);1H. The van der Waals surface area contributed by atoms with Crippen molar-refractivity contribution in [2.24, 2.45) is 10.4 Å². The zero-order chi connectivity index (χ0) is 20.5. The molecule has 30 heavy (non-hydrogen) atoms. The maximum atomic E-state index is 9.45. The minimum absolute atomic E-state index is 0. The molecule has 172 valence electrons. The number of furan rings is 1. The summed E-state index contributed by atoms with van der Waals surface area (Å²) in [5, 5.41) is 16.3.